The molecular formula is C14H23N3O2S. The van der Waals surface area contributed by atoms with Gasteiger partial charge in [0.15, 0.2) is 0 Å². The van der Waals surface area contributed by atoms with Gasteiger partial charge < -0.3 is 5.32 Å². The molecule has 1 aromatic carbocycles. The van der Waals surface area contributed by atoms with Gasteiger partial charge in [-0.05, 0) is 19.4 Å². The lowest BCUT2D eigenvalue weighted by atomic mass is 9.97. The molecule has 0 saturated carbocycles. The van der Waals surface area contributed by atoms with Gasteiger partial charge in [-0.3, -0.25) is 0 Å². The largest absolute Gasteiger partial charge is 0.309 e. The van der Waals surface area contributed by atoms with E-state index in [1.54, 1.807) is 18.4 Å². The summed E-state index contributed by atoms with van der Waals surface area (Å²) < 4.78 is 28.0. The second-order valence-corrected chi connectivity index (χ2v) is 8.12. The van der Waals surface area contributed by atoms with Crippen molar-refractivity contribution in [1.29, 1.82) is 0 Å². The lowest BCUT2D eigenvalue weighted by molar-refractivity contribution is 0.168. The molecule has 2 rings (SSSR count). The van der Waals surface area contributed by atoms with Crippen molar-refractivity contribution in [2.75, 3.05) is 27.2 Å². The topological polar surface area (TPSA) is 52.7 Å². The molecule has 1 heterocycles. The fraction of sp³-hybridized carbons (Fsp3) is 0.571. The van der Waals surface area contributed by atoms with Crippen LogP contribution < -0.4 is 5.32 Å². The van der Waals surface area contributed by atoms with Crippen LogP contribution in [0.2, 0.25) is 0 Å². The zero-order valence-corrected chi connectivity index (χ0v) is 13.3. The summed E-state index contributed by atoms with van der Waals surface area (Å²) >= 11 is 0. The van der Waals surface area contributed by atoms with Crippen LogP contribution in [0.4, 0.5) is 0 Å². The second kappa shape index (κ2) is 5.44. The molecule has 0 aromatic heterocycles. The van der Waals surface area contributed by atoms with E-state index in [0.29, 0.717) is 13.1 Å². The van der Waals surface area contributed by atoms with E-state index < -0.39 is 10.2 Å². The Morgan fingerprint density at radius 1 is 1.25 bits per heavy atom. The van der Waals surface area contributed by atoms with Crippen molar-refractivity contribution in [3.8, 4) is 0 Å². The minimum absolute atomic E-state index is 0.170. The average molecular weight is 297 g/mol. The van der Waals surface area contributed by atoms with Gasteiger partial charge in [0.1, 0.15) is 0 Å². The van der Waals surface area contributed by atoms with Crippen LogP contribution in [0.5, 0.6) is 0 Å². The molecule has 1 saturated heterocycles. The molecule has 0 spiro atoms. The molecule has 1 aromatic rings. The third kappa shape index (κ3) is 3.03. The Morgan fingerprint density at radius 3 is 2.40 bits per heavy atom. The lowest BCUT2D eigenvalue weighted by Gasteiger charge is -2.44. The number of benzene rings is 1. The maximum absolute atomic E-state index is 12.6. The highest BCUT2D eigenvalue weighted by atomic mass is 32.2. The third-order valence-electron chi connectivity index (χ3n) is 3.61. The van der Waals surface area contributed by atoms with E-state index in [4.69, 9.17) is 0 Å². The number of rotatable bonds is 3. The van der Waals surface area contributed by atoms with Gasteiger partial charge in [0.2, 0.25) is 0 Å². The molecule has 0 amide bonds. The summed E-state index contributed by atoms with van der Waals surface area (Å²) in [6.45, 7) is 5.11. The molecule has 6 heteroatoms. The van der Waals surface area contributed by atoms with Gasteiger partial charge >= 0.3 is 0 Å². The van der Waals surface area contributed by atoms with E-state index in [-0.39, 0.29) is 11.6 Å². The first-order chi connectivity index (χ1) is 9.24. The predicted molar refractivity (Wildman–Crippen MR) is 80.6 cm³/mol. The second-order valence-electron chi connectivity index (χ2n) is 6.03. The Labute approximate surface area is 121 Å². The summed E-state index contributed by atoms with van der Waals surface area (Å²) in [7, 11) is -0.290. The number of nitrogens with one attached hydrogen (secondary N) is 1. The molecular weight excluding hydrogens is 274 g/mol. The monoisotopic (exact) mass is 297 g/mol. The van der Waals surface area contributed by atoms with Crippen molar-refractivity contribution < 1.29 is 8.42 Å². The number of piperazine rings is 1. The van der Waals surface area contributed by atoms with Crippen molar-refractivity contribution in [2.45, 2.75) is 25.4 Å². The Morgan fingerprint density at radius 2 is 1.85 bits per heavy atom. The molecule has 20 heavy (non-hydrogen) atoms. The van der Waals surface area contributed by atoms with Crippen LogP contribution in [-0.4, -0.2) is 49.8 Å². The van der Waals surface area contributed by atoms with Crippen molar-refractivity contribution >= 4 is 10.2 Å². The first-order valence-electron chi connectivity index (χ1n) is 6.73. The maximum atomic E-state index is 12.6. The van der Waals surface area contributed by atoms with Crippen LogP contribution in [0, 0.1) is 0 Å². The first kappa shape index (κ1) is 15.4. The highest BCUT2D eigenvalue weighted by molar-refractivity contribution is 7.86. The van der Waals surface area contributed by atoms with Gasteiger partial charge in [0.25, 0.3) is 10.2 Å². The first-order valence-corrected chi connectivity index (χ1v) is 8.13. The third-order valence-corrected chi connectivity index (χ3v) is 5.51. The van der Waals surface area contributed by atoms with Gasteiger partial charge in [0.05, 0.1) is 6.04 Å². The molecule has 1 N–H and O–H groups in total. The molecule has 1 unspecified atom stereocenters. The van der Waals surface area contributed by atoms with Gasteiger partial charge in [-0.15, -0.1) is 0 Å². The van der Waals surface area contributed by atoms with E-state index in [1.807, 2.05) is 44.2 Å². The quantitative estimate of drug-likeness (QED) is 0.912. The minimum atomic E-state index is -3.44. The van der Waals surface area contributed by atoms with Crippen LogP contribution in [-0.2, 0) is 10.2 Å². The van der Waals surface area contributed by atoms with E-state index in [9.17, 15) is 8.42 Å². The maximum Gasteiger partial charge on any atom is 0.282 e. The summed E-state index contributed by atoms with van der Waals surface area (Å²) in [4.78, 5) is 0. The Kier molecular flexibility index (Phi) is 4.20. The average Bonchev–Trinajstić information content (AvgIpc) is 2.38. The molecule has 0 bridgehead atoms. The van der Waals surface area contributed by atoms with Gasteiger partial charge in [-0.1, -0.05) is 30.3 Å². The van der Waals surface area contributed by atoms with Crippen molar-refractivity contribution in [1.82, 2.24) is 13.9 Å². The highest BCUT2D eigenvalue weighted by Gasteiger charge is 2.40. The molecule has 112 valence electrons. The number of hydrogen-bond acceptors (Lipinski definition) is 3. The number of nitrogens with zero attached hydrogens (tertiary/aromatic N) is 2. The SMILES string of the molecule is CN(C)S(=O)(=O)N1CC(C)(C)NCC1c1ccccc1. The summed E-state index contributed by atoms with van der Waals surface area (Å²) in [5, 5.41) is 3.42. The van der Waals surface area contributed by atoms with Gasteiger partial charge in [-0.25, -0.2) is 0 Å². The Balaban J connectivity index is 2.40. The van der Waals surface area contributed by atoms with Crippen molar-refractivity contribution in [2.24, 2.45) is 0 Å². The van der Waals surface area contributed by atoms with Crippen LogP contribution in [0.15, 0.2) is 30.3 Å². The van der Waals surface area contributed by atoms with Crippen molar-refractivity contribution in [3.05, 3.63) is 35.9 Å². The molecule has 1 aliphatic heterocycles. The molecule has 0 radical (unpaired) electrons. The molecule has 1 fully saturated rings. The summed E-state index contributed by atoms with van der Waals surface area (Å²) in [5.74, 6) is 0. The zero-order valence-electron chi connectivity index (χ0n) is 12.5. The fourth-order valence-corrected chi connectivity index (χ4v) is 3.87. The van der Waals surface area contributed by atoms with Crippen LogP contribution in [0.1, 0.15) is 25.5 Å². The summed E-state index contributed by atoms with van der Waals surface area (Å²) in [6, 6.07) is 9.60. The fourth-order valence-electron chi connectivity index (χ4n) is 2.44. The van der Waals surface area contributed by atoms with E-state index in [0.717, 1.165) is 5.56 Å². The molecule has 1 atom stereocenters. The molecule has 1 aliphatic rings. The van der Waals surface area contributed by atoms with Crippen LogP contribution >= 0.6 is 0 Å². The van der Waals surface area contributed by atoms with Crippen molar-refractivity contribution in [3.63, 3.8) is 0 Å². The van der Waals surface area contributed by atoms with Crippen LogP contribution in [0.25, 0.3) is 0 Å². The summed E-state index contributed by atoms with van der Waals surface area (Å²) in [5.41, 5.74) is 0.787. The Hall–Kier alpha value is -0.950. The highest BCUT2D eigenvalue weighted by Crippen LogP contribution is 2.30. The normalized spacial score (nSPS) is 23.9. The van der Waals surface area contributed by atoms with Gasteiger partial charge in [0, 0.05) is 32.7 Å². The number of hydrogen-bond donors (Lipinski definition) is 1. The minimum Gasteiger partial charge on any atom is -0.309 e. The standard InChI is InChI=1S/C14H23N3O2S/c1-14(2)11-17(20(18,19)16(3)4)13(10-15-14)12-8-6-5-7-9-12/h5-9,13,15H,10-11H2,1-4H3. The van der Waals surface area contributed by atoms with E-state index in [1.165, 1.54) is 4.31 Å². The Bertz CT molecular complexity index is 555. The summed E-state index contributed by atoms with van der Waals surface area (Å²) in [6.07, 6.45) is 0. The molecule has 5 nitrogen and oxygen atoms in total. The predicted octanol–water partition coefficient (Wildman–Crippen LogP) is 1.22. The smallest absolute Gasteiger partial charge is 0.282 e. The van der Waals surface area contributed by atoms with Crippen LogP contribution in [0.3, 0.4) is 0 Å². The lowest BCUT2D eigenvalue weighted by Crippen LogP contribution is -2.61. The van der Waals surface area contributed by atoms with Gasteiger partial charge in [-0.2, -0.15) is 17.0 Å². The molecule has 0 aliphatic carbocycles. The van der Waals surface area contributed by atoms with E-state index >= 15 is 0 Å². The van der Waals surface area contributed by atoms with E-state index in [2.05, 4.69) is 5.32 Å². The zero-order chi connectivity index (χ0) is 15.0.